The second-order valence-corrected chi connectivity index (χ2v) is 8.80. The SMILES string of the molecule is COc1ccccc1NC(=O)Cc1noc(Cn2cc(S(=O)(=O)N(C)C)ccc2=O)n1. The lowest BCUT2D eigenvalue weighted by Gasteiger charge is -2.12. The van der Waals surface area contributed by atoms with E-state index in [1.54, 1.807) is 24.3 Å². The number of hydrogen-bond donors (Lipinski definition) is 1. The standard InChI is InChI=1S/C19H21N5O6S/c1-23(2)31(27,28)13-8-9-19(26)24(11-13)12-18-21-16(22-30-18)10-17(25)20-14-6-4-5-7-15(14)29-3/h4-9,11H,10,12H2,1-3H3,(H,20,25). The largest absolute Gasteiger partial charge is 0.495 e. The Hall–Kier alpha value is -3.51. The fraction of sp³-hybridized carbons (Fsp3) is 0.263. The molecule has 0 fully saturated rings. The summed E-state index contributed by atoms with van der Waals surface area (Å²) < 4.78 is 37.0. The van der Waals surface area contributed by atoms with Gasteiger partial charge in [-0.1, -0.05) is 17.3 Å². The number of benzene rings is 1. The van der Waals surface area contributed by atoms with Gasteiger partial charge in [0.1, 0.15) is 12.3 Å². The zero-order chi connectivity index (χ0) is 22.6. The molecule has 1 amide bonds. The minimum atomic E-state index is -3.71. The molecule has 2 heterocycles. The first-order valence-corrected chi connectivity index (χ1v) is 10.5. The van der Waals surface area contributed by atoms with Gasteiger partial charge in [-0.25, -0.2) is 12.7 Å². The average molecular weight is 447 g/mol. The van der Waals surface area contributed by atoms with Gasteiger partial charge in [-0.15, -0.1) is 0 Å². The Morgan fingerprint density at radius 1 is 1.23 bits per heavy atom. The molecule has 0 radical (unpaired) electrons. The van der Waals surface area contributed by atoms with Crippen LogP contribution in [0.5, 0.6) is 5.75 Å². The Balaban J connectivity index is 1.72. The zero-order valence-corrected chi connectivity index (χ0v) is 17.9. The van der Waals surface area contributed by atoms with Crippen molar-refractivity contribution < 1.29 is 22.5 Å². The number of nitrogens with one attached hydrogen (secondary N) is 1. The lowest BCUT2D eigenvalue weighted by molar-refractivity contribution is -0.115. The number of sulfonamides is 1. The summed E-state index contributed by atoms with van der Waals surface area (Å²) in [5.41, 5.74) is 0.0653. The number of nitrogens with zero attached hydrogens (tertiary/aromatic N) is 4. The van der Waals surface area contributed by atoms with Crippen molar-refractivity contribution in [2.24, 2.45) is 0 Å². The number of aromatic nitrogens is 3. The molecule has 0 atom stereocenters. The molecule has 0 spiro atoms. The normalized spacial score (nSPS) is 11.5. The third kappa shape index (κ3) is 5.16. The highest BCUT2D eigenvalue weighted by Crippen LogP contribution is 2.23. The number of methoxy groups -OCH3 is 1. The van der Waals surface area contributed by atoms with Gasteiger partial charge in [-0.3, -0.25) is 9.59 Å². The molecule has 164 valence electrons. The molecule has 12 heteroatoms. The molecular formula is C19H21N5O6S. The summed E-state index contributed by atoms with van der Waals surface area (Å²) in [6, 6.07) is 9.32. The Labute approximate surface area is 178 Å². The topological polar surface area (TPSA) is 137 Å². The Morgan fingerprint density at radius 2 is 1.97 bits per heavy atom. The molecule has 0 aliphatic heterocycles. The highest BCUT2D eigenvalue weighted by molar-refractivity contribution is 7.89. The van der Waals surface area contributed by atoms with Gasteiger partial charge in [0.2, 0.25) is 21.8 Å². The van der Waals surface area contributed by atoms with Crippen LogP contribution in [0.3, 0.4) is 0 Å². The van der Waals surface area contributed by atoms with Crippen LogP contribution in [0, 0.1) is 0 Å². The molecule has 0 aliphatic rings. The number of pyridine rings is 1. The van der Waals surface area contributed by atoms with E-state index in [1.165, 1.54) is 33.5 Å². The van der Waals surface area contributed by atoms with Gasteiger partial charge in [0.05, 0.1) is 24.1 Å². The van der Waals surface area contributed by atoms with Gasteiger partial charge in [0, 0.05) is 26.4 Å². The van der Waals surface area contributed by atoms with Crippen LogP contribution in [-0.4, -0.2) is 54.5 Å². The zero-order valence-electron chi connectivity index (χ0n) is 17.1. The third-order valence-corrected chi connectivity index (χ3v) is 6.05. The van der Waals surface area contributed by atoms with Gasteiger partial charge >= 0.3 is 0 Å². The quantitative estimate of drug-likeness (QED) is 0.533. The summed E-state index contributed by atoms with van der Waals surface area (Å²) in [6.45, 7) is -0.142. The molecule has 3 rings (SSSR count). The Morgan fingerprint density at radius 3 is 2.68 bits per heavy atom. The van der Waals surface area contributed by atoms with E-state index in [9.17, 15) is 18.0 Å². The minimum absolute atomic E-state index is 0.0481. The van der Waals surface area contributed by atoms with E-state index >= 15 is 0 Å². The summed E-state index contributed by atoms with van der Waals surface area (Å²) in [7, 11) is 0.574. The lowest BCUT2D eigenvalue weighted by atomic mass is 10.2. The molecule has 0 saturated carbocycles. The second kappa shape index (κ2) is 9.10. The van der Waals surface area contributed by atoms with Crippen molar-refractivity contribution in [3.05, 3.63) is 64.7 Å². The van der Waals surface area contributed by atoms with Crippen molar-refractivity contribution in [3.8, 4) is 5.75 Å². The number of amides is 1. The van der Waals surface area contributed by atoms with E-state index < -0.39 is 15.6 Å². The van der Waals surface area contributed by atoms with E-state index in [0.29, 0.717) is 11.4 Å². The van der Waals surface area contributed by atoms with Gasteiger partial charge < -0.3 is 19.1 Å². The van der Waals surface area contributed by atoms with E-state index in [1.807, 2.05) is 0 Å². The molecule has 2 aromatic heterocycles. The molecule has 11 nitrogen and oxygen atoms in total. The molecule has 1 N–H and O–H groups in total. The predicted molar refractivity (Wildman–Crippen MR) is 110 cm³/mol. The van der Waals surface area contributed by atoms with E-state index in [0.717, 1.165) is 14.9 Å². The molecule has 31 heavy (non-hydrogen) atoms. The average Bonchev–Trinajstić information content (AvgIpc) is 3.16. The Kier molecular flexibility index (Phi) is 6.51. The van der Waals surface area contributed by atoms with Gasteiger partial charge in [0.25, 0.3) is 5.56 Å². The van der Waals surface area contributed by atoms with E-state index in [2.05, 4.69) is 15.5 Å². The molecule has 0 aliphatic carbocycles. The van der Waals surface area contributed by atoms with Crippen LogP contribution in [0.25, 0.3) is 0 Å². The second-order valence-electron chi connectivity index (χ2n) is 6.65. The number of ether oxygens (including phenoxy) is 1. The highest BCUT2D eigenvalue weighted by Gasteiger charge is 2.19. The van der Waals surface area contributed by atoms with Crippen molar-refractivity contribution >= 4 is 21.6 Å². The van der Waals surface area contributed by atoms with Crippen LogP contribution in [0.2, 0.25) is 0 Å². The number of rotatable bonds is 8. The number of hydrogen-bond acceptors (Lipinski definition) is 8. The van der Waals surface area contributed by atoms with Crippen LogP contribution >= 0.6 is 0 Å². The van der Waals surface area contributed by atoms with Gasteiger partial charge in [-0.2, -0.15) is 4.98 Å². The van der Waals surface area contributed by atoms with Crippen LogP contribution in [0.1, 0.15) is 11.7 Å². The predicted octanol–water partition coefficient (Wildman–Crippen LogP) is 0.720. The van der Waals surface area contributed by atoms with Crippen LogP contribution < -0.4 is 15.6 Å². The number of para-hydroxylation sites is 2. The Bertz CT molecular complexity index is 1250. The third-order valence-electron chi connectivity index (χ3n) is 4.25. The summed E-state index contributed by atoms with van der Waals surface area (Å²) in [5.74, 6) is 0.304. The first-order chi connectivity index (χ1) is 14.7. The molecule has 0 bridgehead atoms. The van der Waals surface area contributed by atoms with Crippen molar-refractivity contribution in [2.75, 3.05) is 26.5 Å². The lowest BCUT2D eigenvalue weighted by Crippen LogP contribution is -2.26. The van der Waals surface area contributed by atoms with E-state index in [4.69, 9.17) is 9.26 Å². The summed E-state index contributed by atoms with van der Waals surface area (Å²) in [6.07, 6.45) is 1.04. The fourth-order valence-corrected chi connectivity index (χ4v) is 3.58. The molecule has 0 saturated heterocycles. The minimum Gasteiger partial charge on any atom is -0.495 e. The van der Waals surface area contributed by atoms with Crippen molar-refractivity contribution in [1.29, 1.82) is 0 Å². The maximum absolute atomic E-state index is 12.3. The summed E-state index contributed by atoms with van der Waals surface area (Å²) in [4.78, 5) is 28.4. The van der Waals surface area contributed by atoms with Gasteiger partial charge in [0.15, 0.2) is 5.82 Å². The maximum atomic E-state index is 12.3. The maximum Gasteiger partial charge on any atom is 0.251 e. The van der Waals surface area contributed by atoms with Crippen molar-refractivity contribution in [2.45, 2.75) is 17.9 Å². The first kappa shape index (κ1) is 22.2. The number of carbonyl (C=O) groups excluding carboxylic acids is 1. The first-order valence-electron chi connectivity index (χ1n) is 9.08. The number of carbonyl (C=O) groups is 1. The summed E-state index contributed by atoms with van der Waals surface area (Å²) >= 11 is 0. The number of anilines is 1. The molecule has 3 aromatic rings. The molecule has 1 aromatic carbocycles. The van der Waals surface area contributed by atoms with Crippen molar-refractivity contribution in [1.82, 2.24) is 19.0 Å². The smallest absolute Gasteiger partial charge is 0.251 e. The summed E-state index contributed by atoms with van der Waals surface area (Å²) in [5, 5.41) is 6.45. The van der Waals surface area contributed by atoms with Gasteiger partial charge in [-0.05, 0) is 18.2 Å². The van der Waals surface area contributed by atoms with E-state index in [-0.39, 0.29) is 35.5 Å². The fourth-order valence-electron chi connectivity index (χ4n) is 2.65. The highest BCUT2D eigenvalue weighted by atomic mass is 32.2. The van der Waals surface area contributed by atoms with Crippen LogP contribution in [-0.2, 0) is 27.8 Å². The van der Waals surface area contributed by atoms with Crippen LogP contribution in [0.15, 0.2) is 56.8 Å². The van der Waals surface area contributed by atoms with Crippen molar-refractivity contribution in [3.63, 3.8) is 0 Å². The monoisotopic (exact) mass is 447 g/mol. The molecular weight excluding hydrogens is 426 g/mol. The van der Waals surface area contributed by atoms with Crippen LogP contribution in [0.4, 0.5) is 5.69 Å². The molecule has 0 unspecified atom stereocenters.